The maximum absolute atomic E-state index is 6.23. The highest BCUT2D eigenvalue weighted by atomic mass is 35.5. The molecule has 0 atom stereocenters. The molecule has 2 heterocycles. The molecule has 0 saturated heterocycles. The largest absolute Gasteiger partial charge is 0.454 e. The summed E-state index contributed by atoms with van der Waals surface area (Å²) in [6.07, 6.45) is 2.93. The van der Waals surface area contributed by atoms with Crippen LogP contribution in [-0.4, -0.2) is 16.6 Å². The molecule has 5 nitrogen and oxygen atoms in total. The third-order valence-corrected chi connectivity index (χ3v) is 3.57. The molecule has 1 aromatic heterocycles. The summed E-state index contributed by atoms with van der Waals surface area (Å²) in [6.45, 7) is 3.02. The van der Waals surface area contributed by atoms with E-state index in [1.165, 1.54) is 5.56 Å². The fourth-order valence-corrected chi connectivity index (χ4v) is 2.49. The lowest BCUT2D eigenvalue weighted by Crippen LogP contribution is -2.01. The van der Waals surface area contributed by atoms with E-state index in [0.29, 0.717) is 17.3 Å². The van der Waals surface area contributed by atoms with Crippen LogP contribution in [0.5, 0.6) is 11.5 Å². The van der Waals surface area contributed by atoms with E-state index >= 15 is 0 Å². The van der Waals surface area contributed by atoms with Gasteiger partial charge < -0.3 is 14.8 Å². The minimum absolute atomic E-state index is 0.248. The molecule has 0 unspecified atom stereocenters. The number of ether oxygens (including phenoxy) is 2. The number of rotatable bonds is 4. The Labute approximate surface area is 122 Å². The fraction of sp³-hybridized carbons (Fsp3) is 0.357. The van der Waals surface area contributed by atoms with E-state index in [2.05, 4.69) is 17.3 Å². The van der Waals surface area contributed by atoms with Crippen LogP contribution in [0.4, 0.5) is 5.69 Å². The van der Waals surface area contributed by atoms with Crippen molar-refractivity contribution in [3.63, 3.8) is 0 Å². The van der Waals surface area contributed by atoms with Gasteiger partial charge in [0, 0.05) is 37.5 Å². The van der Waals surface area contributed by atoms with Gasteiger partial charge in [0.15, 0.2) is 11.5 Å². The van der Waals surface area contributed by atoms with Crippen LogP contribution in [0.1, 0.15) is 18.2 Å². The summed E-state index contributed by atoms with van der Waals surface area (Å²) < 4.78 is 12.5. The normalized spacial score (nSPS) is 12.8. The molecule has 0 fully saturated rings. The Hall–Kier alpha value is -1.88. The molecule has 1 N–H and O–H groups in total. The van der Waals surface area contributed by atoms with Crippen LogP contribution in [-0.2, 0) is 20.0 Å². The standard InChI is InChI=1S/C14H16ClN3O2/c1-3-11-9(7-18(2)17-11)6-16-12-5-14-13(4-10(12)15)19-8-20-14/h4-5,7,16H,3,6,8H2,1-2H3. The quantitative estimate of drug-likeness (QED) is 0.941. The van der Waals surface area contributed by atoms with Crippen molar-refractivity contribution in [3.8, 4) is 11.5 Å². The predicted molar refractivity (Wildman–Crippen MR) is 77.5 cm³/mol. The number of nitrogens with zero attached hydrogens (tertiary/aromatic N) is 2. The lowest BCUT2D eigenvalue weighted by molar-refractivity contribution is 0.174. The topological polar surface area (TPSA) is 48.3 Å². The van der Waals surface area contributed by atoms with Gasteiger partial charge in [-0.3, -0.25) is 4.68 Å². The number of anilines is 1. The predicted octanol–water partition coefficient (Wildman–Crippen LogP) is 2.98. The SMILES string of the molecule is CCc1nn(C)cc1CNc1cc2c(cc1Cl)OCO2. The van der Waals surface area contributed by atoms with Crippen LogP contribution in [0.15, 0.2) is 18.3 Å². The van der Waals surface area contributed by atoms with Crippen molar-refractivity contribution in [1.82, 2.24) is 9.78 Å². The number of hydrogen-bond donors (Lipinski definition) is 1. The number of hydrogen-bond acceptors (Lipinski definition) is 4. The van der Waals surface area contributed by atoms with Crippen molar-refractivity contribution in [3.05, 3.63) is 34.6 Å². The maximum Gasteiger partial charge on any atom is 0.231 e. The molecule has 0 spiro atoms. The van der Waals surface area contributed by atoms with Gasteiger partial charge in [-0.1, -0.05) is 18.5 Å². The second-order valence-electron chi connectivity index (χ2n) is 4.67. The molecule has 0 radical (unpaired) electrons. The summed E-state index contributed by atoms with van der Waals surface area (Å²) in [5, 5.41) is 8.37. The van der Waals surface area contributed by atoms with E-state index in [4.69, 9.17) is 21.1 Å². The van der Waals surface area contributed by atoms with Gasteiger partial charge in [0.05, 0.1) is 16.4 Å². The lowest BCUT2D eigenvalue weighted by Gasteiger charge is -2.09. The van der Waals surface area contributed by atoms with Gasteiger partial charge in [-0.2, -0.15) is 5.10 Å². The molecule has 1 aliphatic heterocycles. The van der Waals surface area contributed by atoms with Crippen LogP contribution in [0.3, 0.4) is 0 Å². The molecule has 3 rings (SSSR count). The van der Waals surface area contributed by atoms with Crippen molar-refractivity contribution < 1.29 is 9.47 Å². The number of nitrogens with one attached hydrogen (secondary N) is 1. The first-order valence-electron chi connectivity index (χ1n) is 6.51. The molecule has 0 saturated carbocycles. The highest BCUT2D eigenvalue weighted by Gasteiger charge is 2.16. The third-order valence-electron chi connectivity index (χ3n) is 3.26. The summed E-state index contributed by atoms with van der Waals surface area (Å²) in [7, 11) is 1.93. The summed E-state index contributed by atoms with van der Waals surface area (Å²) in [5.41, 5.74) is 3.10. The highest BCUT2D eigenvalue weighted by molar-refractivity contribution is 6.33. The van der Waals surface area contributed by atoms with E-state index in [1.807, 2.05) is 24.0 Å². The zero-order valence-electron chi connectivity index (χ0n) is 11.4. The van der Waals surface area contributed by atoms with Crippen LogP contribution in [0.25, 0.3) is 0 Å². The zero-order valence-corrected chi connectivity index (χ0v) is 12.2. The maximum atomic E-state index is 6.23. The van der Waals surface area contributed by atoms with Gasteiger partial charge in [0.25, 0.3) is 0 Å². The monoisotopic (exact) mass is 293 g/mol. The average Bonchev–Trinajstić information content (AvgIpc) is 3.01. The van der Waals surface area contributed by atoms with Crippen LogP contribution >= 0.6 is 11.6 Å². The minimum Gasteiger partial charge on any atom is -0.454 e. The van der Waals surface area contributed by atoms with Crippen LogP contribution in [0, 0.1) is 0 Å². The van der Waals surface area contributed by atoms with E-state index < -0.39 is 0 Å². The van der Waals surface area contributed by atoms with E-state index in [9.17, 15) is 0 Å². The summed E-state index contributed by atoms with van der Waals surface area (Å²) in [6, 6.07) is 3.64. The molecular weight excluding hydrogens is 278 g/mol. The third kappa shape index (κ3) is 2.41. The molecule has 106 valence electrons. The van der Waals surface area contributed by atoms with Gasteiger partial charge in [-0.05, 0) is 6.42 Å². The Morgan fingerprint density at radius 3 is 2.85 bits per heavy atom. The number of benzene rings is 1. The van der Waals surface area contributed by atoms with Crippen molar-refractivity contribution in [2.45, 2.75) is 19.9 Å². The van der Waals surface area contributed by atoms with Gasteiger partial charge in [0.1, 0.15) is 0 Å². The Morgan fingerprint density at radius 2 is 2.10 bits per heavy atom. The van der Waals surface area contributed by atoms with Gasteiger partial charge >= 0.3 is 0 Å². The van der Waals surface area contributed by atoms with Gasteiger partial charge in [0.2, 0.25) is 6.79 Å². The van der Waals surface area contributed by atoms with Gasteiger partial charge in [-0.15, -0.1) is 0 Å². The Bertz CT molecular complexity index is 640. The van der Waals surface area contributed by atoms with E-state index in [1.54, 1.807) is 6.07 Å². The molecule has 20 heavy (non-hydrogen) atoms. The van der Waals surface area contributed by atoms with Crippen molar-refractivity contribution in [2.24, 2.45) is 7.05 Å². The first-order chi connectivity index (χ1) is 9.67. The highest BCUT2D eigenvalue weighted by Crippen LogP contribution is 2.39. The van der Waals surface area contributed by atoms with Crippen LogP contribution < -0.4 is 14.8 Å². The number of fused-ring (bicyclic) bond motifs is 1. The Balaban J connectivity index is 1.78. The number of aromatic nitrogens is 2. The fourth-order valence-electron chi connectivity index (χ4n) is 2.27. The zero-order chi connectivity index (χ0) is 14.1. The van der Waals surface area contributed by atoms with Crippen LogP contribution in [0.2, 0.25) is 5.02 Å². The van der Waals surface area contributed by atoms with E-state index in [0.717, 1.165) is 23.6 Å². The molecule has 6 heteroatoms. The lowest BCUT2D eigenvalue weighted by atomic mass is 10.2. The molecule has 1 aliphatic rings. The Morgan fingerprint density at radius 1 is 1.35 bits per heavy atom. The number of aryl methyl sites for hydroxylation is 2. The summed E-state index contributed by atoms with van der Waals surface area (Å²) in [4.78, 5) is 0. The molecule has 2 aromatic rings. The summed E-state index contributed by atoms with van der Waals surface area (Å²) in [5.74, 6) is 1.41. The number of halogens is 1. The van der Waals surface area contributed by atoms with Crippen molar-refractivity contribution >= 4 is 17.3 Å². The Kier molecular flexibility index (Phi) is 3.44. The van der Waals surface area contributed by atoms with Gasteiger partial charge in [-0.25, -0.2) is 0 Å². The minimum atomic E-state index is 0.248. The molecule has 1 aromatic carbocycles. The smallest absolute Gasteiger partial charge is 0.231 e. The first-order valence-corrected chi connectivity index (χ1v) is 6.89. The average molecular weight is 294 g/mol. The molecule has 0 aliphatic carbocycles. The molecule has 0 bridgehead atoms. The molecular formula is C14H16ClN3O2. The van der Waals surface area contributed by atoms with Crippen molar-refractivity contribution in [1.29, 1.82) is 0 Å². The first kappa shape index (κ1) is 13.1. The second kappa shape index (κ2) is 5.25. The second-order valence-corrected chi connectivity index (χ2v) is 5.07. The van der Waals surface area contributed by atoms with E-state index in [-0.39, 0.29) is 6.79 Å². The molecule has 0 amide bonds. The van der Waals surface area contributed by atoms with Crippen molar-refractivity contribution in [2.75, 3.05) is 12.1 Å². The summed E-state index contributed by atoms with van der Waals surface area (Å²) >= 11 is 6.23.